The summed E-state index contributed by atoms with van der Waals surface area (Å²) < 4.78 is 5.15. The molecule has 11 heavy (non-hydrogen) atoms. The molecule has 0 saturated heterocycles. The van der Waals surface area contributed by atoms with Crippen LogP contribution in [0.4, 0.5) is 0 Å². The third-order valence-corrected chi connectivity index (χ3v) is 0.947. The van der Waals surface area contributed by atoms with E-state index < -0.39 is 5.91 Å². The molecule has 2 N–H and O–H groups in total. The van der Waals surface area contributed by atoms with Crippen LogP contribution in [0.3, 0.4) is 0 Å². The van der Waals surface area contributed by atoms with E-state index in [9.17, 15) is 4.79 Å². The Morgan fingerprint density at radius 1 is 1.64 bits per heavy atom. The van der Waals surface area contributed by atoms with Gasteiger partial charge in [0, 0.05) is 12.7 Å². The van der Waals surface area contributed by atoms with Gasteiger partial charge in [0.1, 0.15) is 0 Å². The fourth-order valence-electron chi connectivity index (χ4n) is 0.536. The molecule has 0 bridgehead atoms. The van der Waals surface area contributed by atoms with E-state index in [1.54, 1.807) is 6.08 Å². The molecule has 3 heteroatoms. The number of amides is 1. The Kier molecular flexibility index (Phi) is 5.47. The summed E-state index contributed by atoms with van der Waals surface area (Å²) in [6.45, 7) is 5.31. The zero-order chi connectivity index (χ0) is 8.69. The van der Waals surface area contributed by atoms with Crippen LogP contribution in [-0.4, -0.2) is 19.1 Å². The Morgan fingerprint density at radius 3 is 2.73 bits per heavy atom. The van der Waals surface area contributed by atoms with Crippen LogP contribution >= 0.6 is 0 Å². The Balaban J connectivity index is 3.21. The molecular weight excluding hydrogens is 142 g/mol. The van der Waals surface area contributed by atoms with Gasteiger partial charge in [0.05, 0.1) is 6.61 Å². The summed E-state index contributed by atoms with van der Waals surface area (Å²) in [6.07, 6.45) is 2.92. The van der Waals surface area contributed by atoms with Crippen LogP contribution in [0.15, 0.2) is 12.2 Å². The maximum atomic E-state index is 10.2. The first kappa shape index (κ1) is 10.2. The van der Waals surface area contributed by atoms with Crippen molar-refractivity contribution in [3.8, 4) is 0 Å². The van der Waals surface area contributed by atoms with Gasteiger partial charge in [-0.1, -0.05) is 19.9 Å². The minimum atomic E-state index is -0.432. The molecule has 0 radical (unpaired) electrons. The standard InChI is InChI=1S/C8H15NO2/c1-7(2)6-11-5-3-4-8(9)10/h3-4,7H,5-6H2,1-2H3,(H2,9,10). The Morgan fingerprint density at radius 2 is 2.27 bits per heavy atom. The molecule has 0 aliphatic carbocycles. The van der Waals surface area contributed by atoms with E-state index in [2.05, 4.69) is 13.8 Å². The zero-order valence-corrected chi connectivity index (χ0v) is 7.04. The molecule has 0 atom stereocenters. The van der Waals surface area contributed by atoms with Crippen molar-refractivity contribution in [1.29, 1.82) is 0 Å². The molecule has 0 aliphatic rings. The van der Waals surface area contributed by atoms with Crippen molar-refractivity contribution in [3.05, 3.63) is 12.2 Å². The van der Waals surface area contributed by atoms with Crippen LogP contribution in [0.5, 0.6) is 0 Å². The number of carbonyl (C=O) groups is 1. The van der Waals surface area contributed by atoms with Crippen LogP contribution < -0.4 is 5.73 Å². The summed E-state index contributed by atoms with van der Waals surface area (Å²) in [4.78, 5) is 10.2. The van der Waals surface area contributed by atoms with Gasteiger partial charge in [0.15, 0.2) is 0 Å². The zero-order valence-electron chi connectivity index (χ0n) is 7.04. The summed E-state index contributed by atoms with van der Waals surface area (Å²) in [6, 6.07) is 0. The highest BCUT2D eigenvalue weighted by molar-refractivity contribution is 5.85. The number of hydrogen-bond acceptors (Lipinski definition) is 2. The number of ether oxygens (including phenoxy) is 1. The molecule has 0 aliphatic heterocycles. The second-order valence-electron chi connectivity index (χ2n) is 2.74. The van der Waals surface area contributed by atoms with E-state index >= 15 is 0 Å². The van der Waals surface area contributed by atoms with Gasteiger partial charge >= 0.3 is 0 Å². The summed E-state index contributed by atoms with van der Waals surface area (Å²) in [7, 11) is 0. The van der Waals surface area contributed by atoms with Crippen LogP contribution in [0.2, 0.25) is 0 Å². The lowest BCUT2D eigenvalue weighted by atomic mass is 10.2. The lowest BCUT2D eigenvalue weighted by Gasteiger charge is -2.02. The number of rotatable bonds is 5. The molecule has 0 aromatic heterocycles. The molecule has 0 aromatic rings. The van der Waals surface area contributed by atoms with Crippen molar-refractivity contribution < 1.29 is 9.53 Å². The maximum absolute atomic E-state index is 10.2. The van der Waals surface area contributed by atoms with Crippen molar-refractivity contribution in [2.45, 2.75) is 13.8 Å². The van der Waals surface area contributed by atoms with E-state index in [-0.39, 0.29) is 0 Å². The predicted molar refractivity (Wildman–Crippen MR) is 44.0 cm³/mol. The van der Waals surface area contributed by atoms with Crippen molar-refractivity contribution in [2.75, 3.05) is 13.2 Å². The Labute approximate surface area is 67.2 Å². The maximum Gasteiger partial charge on any atom is 0.241 e. The summed E-state index contributed by atoms with van der Waals surface area (Å²) in [5, 5.41) is 0. The highest BCUT2D eigenvalue weighted by atomic mass is 16.5. The summed E-state index contributed by atoms with van der Waals surface area (Å²) in [5.74, 6) is 0.0927. The third-order valence-electron chi connectivity index (χ3n) is 0.947. The van der Waals surface area contributed by atoms with Crippen molar-refractivity contribution in [1.82, 2.24) is 0 Å². The highest BCUT2D eigenvalue weighted by Crippen LogP contribution is 1.91. The van der Waals surface area contributed by atoms with Crippen molar-refractivity contribution in [3.63, 3.8) is 0 Å². The third kappa shape index (κ3) is 9.17. The highest BCUT2D eigenvalue weighted by Gasteiger charge is 1.90. The fraction of sp³-hybridized carbons (Fsp3) is 0.625. The number of nitrogens with two attached hydrogens (primary N) is 1. The van der Waals surface area contributed by atoms with Gasteiger partial charge in [-0.05, 0) is 5.92 Å². The summed E-state index contributed by atoms with van der Waals surface area (Å²) in [5.41, 5.74) is 4.85. The van der Waals surface area contributed by atoms with Gasteiger partial charge in [0.25, 0.3) is 0 Å². The number of carbonyl (C=O) groups excluding carboxylic acids is 1. The van der Waals surface area contributed by atoms with E-state index in [1.807, 2.05) is 0 Å². The molecule has 0 saturated carbocycles. The second kappa shape index (κ2) is 5.92. The minimum Gasteiger partial charge on any atom is -0.377 e. The smallest absolute Gasteiger partial charge is 0.241 e. The van der Waals surface area contributed by atoms with E-state index in [0.29, 0.717) is 19.1 Å². The molecule has 64 valence electrons. The van der Waals surface area contributed by atoms with Crippen LogP contribution in [0.25, 0.3) is 0 Å². The molecule has 1 amide bonds. The first-order valence-electron chi connectivity index (χ1n) is 3.66. The second-order valence-corrected chi connectivity index (χ2v) is 2.74. The van der Waals surface area contributed by atoms with E-state index in [4.69, 9.17) is 10.5 Å². The van der Waals surface area contributed by atoms with Gasteiger partial charge in [-0.15, -0.1) is 0 Å². The first-order chi connectivity index (χ1) is 5.13. The van der Waals surface area contributed by atoms with E-state index in [1.165, 1.54) is 6.08 Å². The minimum absolute atomic E-state index is 0.432. The molecule has 0 spiro atoms. The fourth-order valence-corrected chi connectivity index (χ4v) is 0.536. The van der Waals surface area contributed by atoms with Gasteiger partial charge in [-0.3, -0.25) is 4.79 Å². The monoisotopic (exact) mass is 157 g/mol. The van der Waals surface area contributed by atoms with Crippen molar-refractivity contribution in [2.24, 2.45) is 11.7 Å². The van der Waals surface area contributed by atoms with Crippen molar-refractivity contribution >= 4 is 5.91 Å². The molecule has 0 aromatic carbocycles. The molecule has 0 fully saturated rings. The molecule has 0 unspecified atom stereocenters. The Hall–Kier alpha value is -0.830. The SMILES string of the molecule is CC(C)COCC=CC(N)=O. The quantitative estimate of drug-likeness (QED) is 0.472. The average molecular weight is 157 g/mol. The van der Waals surface area contributed by atoms with Gasteiger partial charge in [0.2, 0.25) is 5.91 Å². The van der Waals surface area contributed by atoms with E-state index in [0.717, 1.165) is 0 Å². The lowest BCUT2D eigenvalue weighted by molar-refractivity contribution is -0.113. The predicted octanol–water partition coefficient (Wildman–Crippen LogP) is 0.701. The first-order valence-corrected chi connectivity index (χ1v) is 3.66. The van der Waals surface area contributed by atoms with Crippen LogP contribution in [-0.2, 0) is 9.53 Å². The molecule has 0 rings (SSSR count). The normalized spacial score (nSPS) is 11.2. The lowest BCUT2D eigenvalue weighted by Crippen LogP contribution is -2.07. The largest absolute Gasteiger partial charge is 0.377 e. The van der Waals surface area contributed by atoms with Crippen LogP contribution in [0, 0.1) is 5.92 Å². The van der Waals surface area contributed by atoms with Crippen LogP contribution in [0.1, 0.15) is 13.8 Å². The summed E-state index contributed by atoms with van der Waals surface area (Å²) >= 11 is 0. The van der Waals surface area contributed by atoms with Gasteiger partial charge in [-0.25, -0.2) is 0 Å². The molecule has 3 nitrogen and oxygen atoms in total. The number of hydrogen-bond donors (Lipinski definition) is 1. The Bertz CT molecular complexity index is 141. The van der Waals surface area contributed by atoms with Gasteiger partial charge in [-0.2, -0.15) is 0 Å². The molecule has 0 heterocycles. The molecular formula is C8H15NO2. The topological polar surface area (TPSA) is 52.3 Å². The number of primary amides is 1. The van der Waals surface area contributed by atoms with Gasteiger partial charge < -0.3 is 10.5 Å². The average Bonchev–Trinajstić information content (AvgIpc) is 1.85.